The van der Waals surface area contributed by atoms with Gasteiger partial charge < -0.3 is 0 Å². The highest BCUT2D eigenvalue weighted by Crippen LogP contribution is 2.53. The second-order valence-electron chi connectivity index (χ2n) is 21.6. The van der Waals surface area contributed by atoms with Crippen LogP contribution >= 0.6 is 0 Å². The molecular formula is C68H36N4O2. The molecule has 19 rings (SSSR count). The number of hydrogen-bond donors (Lipinski definition) is 0. The Morgan fingerprint density at radius 3 is 0.946 bits per heavy atom. The molecule has 0 aliphatic carbocycles. The third-order valence-corrected chi connectivity index (χ3v) is 18.0. The molecule has 0 bridgehead atoms. The molecule has 19 aromatic rings. The summed E-state index contributed by atoms with van der Waals surface area (Å²) in [5.41, 5.74) is 9.38. The van der Waals surface area contributed by atoms with Crippen LogP contribution in [0.25, 0.3) is 184 Å². The number of pyridine rings is 2. The normalized spacial score (nSPS) is 13.2. The van der Waals surface area contributed by atoms with Gasteiger partial charge in [-0.1, -0.05) is 97.1 Å². The second-order valence-corrected chi connectivity index (χ2v) is 21.6. The van der Waals surface area contributed by atoms with E-state index in [0.717, 1.165) is 109 Å². The molecule has 0 N–H and O–H groups in total. The summed E-state index contributed by atoms with van der Waals surface area (Å²) in [5.74, 6) is 0. The smallest absolute Gasteiger partial charge is 0.264 e. The fourth-order valence-electron chi connectivity index (χ4n) is 15.3. The lowest BCUT2D eigenvalue weighted by molar-refractivity contribution is 1.15. The van der Waals surface area contributed by atoms with Gasteiger partial charge in [-0.25, -0.2) is 9.97 Å². The van der Waals surface area contributed by atoms with E-state index in [1.807, 2.05) is 20.9 Å². The maximum atomic E-state index is 15.1. The standard InChI is InChI=1S/C68H36N4O2/c1-29-25-43-61-45(67(73)71-49-15-7-11-33-9-5-13-47(55(33)49)69-65(43)71)27-31(3)53-41-23-19-37-36-18-22-40-52-30(2)26-44-62-46(68(74)72-50-16-8-12-34-10-6-14-48(56(34)50)70-66(44)72)28-32(4)54(64(52)62)42-24-20-38(58(36)60(40)42)35-17-21-39(51(29)63(53)61)59(41)57(35)37/h5-28H,1-4H3. The highest BCUT2D eigenvalue weighted by Gasteiger charge is 2.28. The van der Waals surface area contributed by atoms with Gasteiger partial charge >= 0.3 is 0 Å². The predicted molar refractivity (Wildman–Crippen MR) is 311 cm³/mol. The average molecular weight is 941 g/mol. The molecule has 0 aliphatic rings. The number of benzene rings is 15. The van der Waals surface area contributed by atoms with Gasteiger partial charge in [0.15, 0.2) is 0 Å². The summed E-state index contributed by atoms with van der Waals surface area (Å²) in [6.45, 7) is 8.84. The van der Waals surface area contributed by atoms with Gasteiger partial charge in [0, 0.05) is 43.1 Å². The lowest BCUT2D eigenvalue weighted by Crippen LogP contribution is -2.17. The van der Waals surface area contributed by atoms with Crippen molar-refractivity contribution in [3.05, 3.63) is 189 Å². The number of aromatic nitrogens is 4. The van der Waals surface area contributed by atoms with Crippen molar-refractivity contribution in [3.63, 3.8) is 0 Å². The van der Waals surface area contributed by atoms with E-state index in [-0.39, 0.29) is 11.1 Å². The van der Waals surface area contributed by atoms with Gasteiger partial charge in [-0.3, -0.25) is 18.4 Å². The Hall–Kier alpha value is -9.52. The van der Waals surface area contributed by atoms with E-state index in [0.29, 0.717) is 11.3 Å². The topological polar surface area (TPSA) is 68.7 Å². The number of fused-ring (bicyclic) bond motifs is 12. The highest BCUT2D eigenvalue weighted by molar-refractivity contribution is 6.48. The largest absolute Gasteiger partial charge is 0.268 e. The summed E-state index contributed by atoms with van der Waals surface area (Å²) >= 11 is 0. The predicted octanol–water partition coefficient (Wildman–Crippen LogP) is 16.6. The Bertz CT molecular complexity index is 5560. The van der Waals surface area contributed by atoms with Crippen LogP contribution in [0.1, 0.15) is 22.3 Å². The van der Waals surface area contributed by atoms with E-state index < -0.39 is 0 Å². The van der Waals surface area contributed by atoms with Crippen molar-refractivity contribution >= 4 is 184 Å². The molecule has 4 heterocycles. The molecule has 74 heavy (non-hydrogen) atoms. The summed E-state index contributed by atoms with van der Waals surface area (Å²) in [4.78, 5) is 40.7. The van der Waals surface area contributed by atoms with Crippen LogP contribution in [0.5, 0.6) is 0 Å². The van der Waals surface area contributed by atoms with Crippen molar-refractivity contribution in [3.8, 4) is 0 Å². The van der Waals surface area contributed by atoms with Crippen LogP contribution in [0.2, 0.25) is 0 Å². The Kier molecular flexibility index (Phi) is 6.30. The molecule has 0 atom stereocenters. The molecule has 0 spiro atoms. The van der Waals surface area contributed by atoms with Crippen LogP contribution in [0.4, 0.5) is 0 Å². The first-order valence-corrected chi connectivity index (χ1v) is 25.6. The average Bonchev–Trinajstić information content (AvgIpc) is 3.41. The lowest BCUT2D eigenvalue weighted by atomic mass is 9.79. The fraction of sp³-hybridized carbons (Fsp3) is 0.0588. The minimum absolute atomic E-state index is 0.0355. The van der Waals surface area contributed by atoms with E-state index in [2.05, 4.69) is 161 Å². The molecular weight excluding hydrogens is 905 g/mol. The summed E-state index contributed by atoms with van der Waals surface area (Å²) in [7, 11) is 0. The van der Waals surface area contributed by atoms with Crippen LogP contribution in [-0.4, -0.2) is 18.8 Å². The first-order chi connectivity index (χ1) is 36.2. The summed E-state index contributed by atoms with van der Waals surface area (Å²) < 4.78 is 3.72. The molecule has 0 unspecified atom stereocenters. The molecule has 0 saturated heterocycles. The third kappa shape index (κ3) is 4.02. The minimum atomic E-state index is -0.0355. The van der Waals surface area contributed by atoms with Crippen molar-refractivity contribution in [1.29, 1.82) is 0 Å². The van der Waals surface area contributed by atoms with Crippen LogP contribution in [0.3, 0.4) is 0 Å². The zero-order valence-electron chi connectivity index (χ0n) is 40.5. The maximum Gasteiger partial charge on any atom is 0.264 e. The third-order valence-electron chi connectivity index (χ3n) is 18.0. The van der Waals surface area contributed by atoms with Crippen LogP contribution < -0.4 is 11.1 Å². The first-order valence-electron chi connectivity index (χ1n) is 25.6. The van der Waals surface area contributed by atoms with E-state index >= 15 is 9.59 Å². The summed E-state index contributed by atoms with van der Waals surface area (Å²) in [6, 6.07) is 52.5. The van der Waals surface area contributed by atoms with Crippen LogP contribution in [0, 0.1) is 27.7 Å². The summed E-state index contributed by atoms with van der Waals surface area (Å²) in [5, 5.41) is 31.5. The monoisotopic (exact) mass is 940 g/mol. The molecule has 0 amide bonds. The van der Waals surface area contributed by atoms with Crippen molar-refractivity contribution in [1.82, 2.24) is 18.8 Å². The minimum Gasteiger partial charge on any atom is -0.268 e. The van der Waals surface area contributed by atoms with E-state index in [1.54, 1.807) is 0 Å². The Morgan fingerprint density at radius 1 is 0.284 bits per heavy atom. The Balaban J connectivity index is 0.946. The Labute approximate surface area is 417 Å². The van der Waals surface area contributed by atoms with Crippen molar-refractivity contribution in [2.75, 3.05) is 0 Å². The van der Waals surface area contributed by atoms with Crippen molar-refractivity contribution < 1.29 is 0 Å². The molecule has 15 aromatic carbocycles. The van der Waals surface area contributed by atoms with Gasteiger partial charge in [0.2, 0.25) is 0 Å². The van der Waals surface area contributed by atoms with Gasteiger partial charge in [-0.2, -0.15) is 0 Å². The maximum absolute atomic E-state index is 15.1. The molecule has 4 aromatic heterocycles. The number of nitrogens with zero attached hydrogens (tertiary/aromatic N) is 4. The second kappa shape index (κ2) is 12.2. The Morgan fingerprint density at radius 2 is 0.581 bits per heavy atom. The fourth-order valence-corrected chi connectivity index (χ4v) is 15.3. The zero-order valence-corrected chi connectivity index (χ0v) is 40.5. The quantitative estimate of drug-likeness (QED) is 0.112. The molecule has 6 nitrogen and oxygen atoms in total. The van der Waals surface area contributed by atoms with Gasteiger partial charge in [-0.05, 0) is 206 Å². The molecule has 0 aliphatic heterocycles. The van der Waals surface area contributed by atoms with E-state index in [1.165, 1.54) is 86.2 Å². The van der Waals surface area contributed by atoms with Gasteiger partial charge in [0.1, 0.15) is 11.3 Å². The van der Waals surface area contributed by atoms with E-state index in [9.17, 15) is 0 Å². The molecule has 0 radical (unpaired) electrons. The number of aryl methyl sites for hydroxylation is 4. The zero-order chi connectivity index (χ0) is 48.6. The van der Waals surface area contributed by atoms with E-state index in [4.69, 9.17) is 9.97 Å². The molecule has 0 saturated carbocycles. The SMILES string of the molecule is Cc1cc2c(=O)n3c4cccc5cccc(nc3c3cc(C)c6c7ccc8c9ccc%10c%11c(C)cc%12c(=O)n%13c%14cccc%15cccc(nc%13c%13cc(C)c(c%16ccc(c%17ccc(c1c6c23)c7c%178)c9c%10%16)c%11c%12%13)c%15%14)c54. The number of hydrogen-bond acceptors (Lipinski definition) is 4. The summed E-state index contributed by atoms with van der Waals surface area (Å²) in [6.07, 6.45) is 0. The van der Waals surface area contributed by atoms with Crippen molar-refractivity contribution in [2.24, 2.45) is 0 Å². The lowest BCUT2D eigenvalue weighted by Gasteiger charge is -2.24. The molecule has 6 heteroatoms. The molecule has 0 fully saturated rings. The number of rotatable bonds is 0. The van der Waals surface area contributed by atoms with Crippen LogP contribution in [0.15, 0.2) is 155 Å². The first kappa shape index (κ1) is 38.2. The highest BCUT2D eigenvalue weighted by atomic mass is 16.1. The van der Waals surface area contributed by atoms with Gasteiger partial charge in [0.05, 0.1) is 22.1 Å². The van der Waals surface area contributed by atoms with Crippen molar-refractivity contribution in [2.45, 2.75) is 27.7 Å². The van der Waals surface area contributed by atoms with Gasteiger partial charge in [0.25, 0.3) is 11.1 Å². The van der Waals surface area contributed by atoms with Crippen LogP contribution in [-0.2, 0) is 0 Å². The van der Waals surface area contributed by atoms with Gasteiger partial charge in [-0.15, -0.1) is 0 Å². The molecule has 340 valence electrons.